The van der Waals surface area contributed by atoms with Crippen molar-refractivity contribution in [3.8, 4) is 5.75 Å². The third-order valence-corrected chi connectivity index (χ3v) is 3.79. The van der Waals surface area contributed by atoms with Gasteiger partial charge >= 0.3 is 5.97 Å². The molecule has 0 saturated heterocycles. The van der Waals surface area contributed by atoms with Crippen LogP contribution in [0.5, 0.6) is 5.75 Å². The fourth-order valence-corrected chi connectivity index (χ4v) is 2.60. The third-order valence-electron chi connectivity index (χ3n) is 2.60. The van der Waals surface area contributed by atoms with Gasteiger partial charge in [0, 0.05) is 11.6 Å². The fraction of sp³-hybridized carbons (Fsp3) is 0.308. The van der Waals surface area contributed by atoms with Crippen LogP contribution in [-0.4, -0.2) is 31.6 Å². The molecule has 0 spiro atoms. The van der Waals surface area contributed by atoms with Crippen molar-refractivity contribution in [2.24, 2.45) is 0 Å². The molecule has 0 saturated carbocycles. The zero-order chi connectivity index (χ0) is 15.2. The zero-order valence-electron chi connectivity index (χ0n) is 11.3. The highest BCUT2D eigenvalue weighted by atomic mass is 35.5. The highest BCUT2D eigenvalue weighted by Gasteiger charge is 2.13. The van der Waals surface area contributed by atoms with Crippen LogP contribution < -0.4 is 4.74 Å². The Morgan fingerprint density at radius 2 is 2.29 bits per heavy atom. The molecule has 1 aromatic heterocycles. The zero-order valence-corrected chi connectivity index (χ0v) is 12.9. The summed E-state index contributed by atoms with van der Waals surface area (Å²) in [5.41, 5.74) is 0. The number of halogens is 1. The first-order valence-corrected chi connectivity index (χ1v) is 7.61. The molecule has 6 nitrogen and oxygen atoms in total. The molecule has 0 bridgehead atoms. The van der Waals surface area contributed by atoms with Crippen LogP contribution in [0.4, 0.5) is 0 Å². The van der Waals surface area contributed by atoms with Gasteiger partial charge in [-0.2, -0.15) is 0 Å². The van der Waals surface area contributed by atoms with E-state index in [0.29, 0.717) is 28.3 Å². The Morgan fingerprint density at radius 3 is 2.95 bits per heavy atom. The van der Waals surface area contributed by atoms with Crippen LogP contribution in [0.25, 0.3) is 0 Å². The number of aliphatic carboxylic acids is 1. The highest BCUT2D eigenvalue weighted by molar-refractivity contribution is 7.99. The van der Waals surface area contributed by atoms with Gasteiger partial charge in [0.1, 0.15) is 12.4 Å². The molecule has 0 aliphatic heterocycles. The van der Waals surface area contributed by atoms with Crippen molar-refractivity contribution in [2.45, 2.75) is 25.2 Å². The number of rotatable bonds is 7. The monoisotopic (exact) mass is 327 g/mol. The molecule has 0 amide bonds. The molecule has 8 heteroatoms. The fourth-order valence-electron chi connectivity index (χ4n) is 1.68. The van der Waals surface area contributed by atoms with E-state index in [1.807, 2.05) is 11.5 Å². The number of aromatic nitrogens is 3. The molecule has 1 heterocycles. The van der Waals surface area contributed by atoms with Crippen LogP contribution in [0, 0.1) is 0 Å². The normalized spacial score (nSPS) is 10.6. The Kier molecular flexibility index (Phi) is 5.46. The van der Waals surface area contributed by atoms with Gasteiger partial charge in [0.15, 0.2) is 11.0 Å². The van der Waals surface area contributed by atoms with Crippen LogP contribution >= 0.6 is 23.4 Å². The van der Waals surface area contributed by atoms with E-state index in [4.69, 9.17) is 21.4 Å². The topological polar surface area (TPSA) is 77.2 Å². The molecule has 0 radical (unpaired) electrons. The first kappa shape index (κ1) is 15.7. The molecule has 2 rings (SSSR count). The lowest BCUT2D eigenvalue weighted by molar-refractivity contribution is -0.133. The van der Waals surface area contributed by atoms with Crippen LogP contribution in [-0.2, 0) is 17.9 Å². The Morgan fingerprint density at radius 1 is 1.48 bits per heavy atom. The minimum atomic E-state index is -0.887. The number of carbonyl (C=O) groups is 1. The number of benzene rings is 1. The van der Waals surface area contributed by atoms with Gasteiger partial charge in [-0.3, -0.25) is 4.79 Å². The predicted octanol–water partition coefficient (Wildman–Crippen LogP) is 2.71. The van der Waals surface area contributed by atoms with Gasteiger partial charge in [0.25, 0.3) is 0 Å². The second-order valence-electron chi connectivity index (χ2n) is 4.07. The molecule has 1 N–H and O–H groups in total. The summed E-state index contributed by atoms with van der Waals surface area (Å²) in [5, 5.41) is 17.9. The minimum Gasteiger partial charge on any atom is -0.486 e. The molecule has 0 fully saturated rings. The summed E-state index contributed by atoms with van der Waals surface area (Å²) in [6, 6.07) is 7.09. The summed E-state index contributed by atoms with van der Waals surface area (Å²) in [6.07, 6.45) is 0. The van der Waals surface area contributed by atoms with Crippen molar-refractivity contribution < 1.29 is 14.6 Å². The quantitative estimate of drug-likeness (QED) is 0.788. The molecule has 2 aromatic rings. The van der Waals surface area contributed by atoms with Crippen molar-refractivity contribution in [3.05, 3.63) is 35.1 Å². The summed E-state index contributed by atoms with van der Waals surface area (Å²) in [7, 11) is 0. The molecular formula is C13H14ClN3O3S. The molecule has 0 atom stereocenters. The van der Waals surface area contributed by atoms with Crippen LogP contribution in [0.3, 0.4) is 0 Å². The van der Waals surface area contributed by atoms with E-state index in [1.54, 1.807) is 24.3 Å². The number of ether oxygens (including phenoxy) is 1. The van der Waals surface area contributed by atoms with Crippen LogP contribution in [0.2, 0.25) is 5.02 Å². The SMILES string of the molecule is CCn1c(COc2cccc(Cl)c2)nnc1SCC(=O)O. The predicted molar refractivity (Wildman–Crippen MR) is 79.8 cm³/mol. The average Bonchev–Trinajstić information content (AvgIpc) is 2.85. The van der Waals surface area contributed by atoms with Crippen molar-refractivity contribution in [3.63, 3.8) is 0 Å². The van der Waals surface area contributed by atoms with E-state index in [0.717, 1.165) is 11.8 Å². The van der Waals surface area contributed by atoms with E-state index < -0.39 is 5.97 Å². The summed E-state index contributed by atoms with van der Waals surface area (Å²) in [5.74, 6) is 0.355. The number of carboxylic acid groups (broad SMARTS) is 1. The standard InChI is InChI=1S/C13H14ClN3O3S/c1-2-17-11(15-16-13(17)21-8-12(18)19)7-20-10-5-3-4-9(14)6-10/h3-6H,2,7-8H2,1H3,(H,18,19). The second-order valence-corrected chi connectivity index (χ2v) is 5.45. The van der Waals surface area contributed by atoms with Gasteiger partial charge in [-0.1, -0.05) is 29.4 Å². The largest absolute Gasteiger partial charge is 0.486 e. The lowest BCUT2D eigenvalue weighted by Gasteiger charge is -2.08. The third kappa shape index (κ3) is 4.37. The molecule has 0 aliphatic carbocycles. The van der Waals surface area contributed by atoms with E-state index in [9.17, 15) is 4.79 Å². The number of hydrogen-bond donors (Lipinski definition) is 1. The molecule has 1 aromatic carbocycles. The second kappa shape index (κ2) is 7.33. The highest BCUT2D eigenvalue weighted by Crippen LogP contribution is 2.20. The Labute approximate surface area is 131 Å². The number of hydrogen-bond acceptors (Lipinski definition) is 5. The number of nitrogens with zero attached hydrogens (tertiary/aromatic N) is 3. The van der Waals surface area contributed by atoms with Crippen molar-refractivity contribution >= 4 is 29.3 Å². The van der Waals surface area contributed by atoms with Crippen LogP contribution in [0.1, 0.15) is 12.7 Å². The van der Waals surface area contributed by atoms with E-state index in [2.05, 4.69) is 10.2 Å². The maximum Gasteiger partial charge on any atom is 0.313 e. The number of carboxylic acids is 1. The van der Waals surface area contributed by atoms with Gasteiger partial charge in [0.2, 0.25) is 0 Å². The van der Waals surface area contributed by atoms with Gasteiger partial charge in [0.05, 0.1) is 5.75 Å². The summed E-state index contributed by atoms with van der Waals surface area (Å²) < 4.78 is 7.45. The van der Waals surface area contributed by atoms with Gasteiger partial charge < -0.3 is 14.4 Å². The minimum absolute atomic E-state index is 0.0483. The summed E-state index contributed by atoms with van der Waals surface area (Å²) in [4.78, 5) is 10.6. The van der Waals surface area contributed by atoms with E-state index in [1.165, 1.54) is 0 Å². The molecule has 21 heavy (non-hydrogen) atoms. The van der Waals surface area contributed by atoms with Crippen LogP contribution in [0.15, 0.2) is 29.4 Å². The average molecular weight is 328 g/mol. The smallest absolute Gasteiger partial charge is 0.313 e. The molecule has 112 valence electrons. The van der Waals surface area contributed by atoms with Crippen molar-refractivity contribution in [2.75, 3.05) is 5.75 Å². The van der Waals surface area contributed by atoms with E-state index in [-0.39, 0.29) is 12.4 Å². The maximum atomic E-state index is 10.6. The van der Waals surface area contributed by atoms with Gasteiger partial charge in [-0.15, -0.1) is 10.2 Å². The first-order valence-electron chi connectivity index (χ1n) is 6.25. The summed E-state index contributed by atoms with van der Waals surface area (Å²) in [6.45, 7) is 2.83. The summed E-state index contributed by atoms with van der Waals surface area (Å²) >= 11 is 7.03. The Balaban J connectivity index is 2.04. The maximum absolute atomic E-state index is 10.6. The van der Waals surface area contributed by atoms with Crippen molar-refractivity contribution in [1.29, 1.82) is 0 Å². The van der Waals surface area contributed by atoms with Gasteiger partial charge in [-0.25, -0.2) is 0 Å². The number of thioether (sulfide) groups is 1. The van der Waals surface area contributed by atoms with Gasteiger partial charge in [-0.05, 0) is 25.1 Å². The lowest BCUT2D eigenvalue weighted by atomic mass is 10.3. The van der Waals surface area contributed by atoms with Crippen molar-refractivity contribution in [1.82, 2.24) is 14.8 Å². The van der Waals surface area contributed by atoms with E-state index >= 15 is 0 Å². The molecule has 0 unspecified atom stereocenters. The molecular weight excluding hydrogens is 314 g/mol. The Hall–Kier alpha value is -1.73. The lowest BCUT2D eigenvalue weighted by Crippen LogP contribution is -2.08. The first-order chi connectivity index (χ1) is 10.1. The Bertz CT molecular complexity index is 633. The molecule has 0 aliphatic rings.